The lowest BCUT2D eigenvalue weighted by molar-refractivity contribution is -0.114. The molecular formula is C23H19N3O3S. The highest BCUT2D eigenvalue weighted by atomic mass is 32.1. The van der Waals surface area contributed by atoms with Crippen molar-refractivity contribution in [1.29, 1.82) is 10.5 Å². The van der Waals surface area contributed by atoms with E-state index in [9.17, 15) is 20.1 Å². The van der Waals surface area contributed by atoms with Crippen LogP contribution in [-0.4, -0.2) is 22.9 Å². The summed E-state index contributed by atoms with van der Waals surface area (Å²) < 4.78 is 6.96. The van der Waals surface area contributed by atoms with E-state index in [-0.39, 0.29) is 18.6 Å². The first-order valence-electron chi connectivity index (χ1n) is 9.29. The lowest BCUT2D eigenvalue weighted by Gasteiger charge is -1.99. The summed E-state index contributed by atoms with van der Waals surface area (Å²) in [6, 6.07) is 11.8. The number of esters is 1. The number of ether oxygens (including phenoxy) is 1. The fourth-order valence-electron chi connectivity index (χ4n) is 3.30. The van der Waals surface area contributed by atoms with Gasteiger partial charge in [-0.25, -0.2) is 4.79 Å². The van der Waals surface area contributed by atoms with Crippen LogP contribution in [0, 0.1) is 29.6 Å². The number of thiophene rings is 1. The molecule has 3 aromatic rings. The molecule has 0 N–H and O–H groups in total. The van der Waals surface area contributed by atoms with Crippen LogP contribution in [0.25, 0.3) is 17.0 Å². The van der Waals surface area contributed by atoms with Gasteiger partial charge in [0.2, 0.25) is 0 Å². The Morgan fingerprint density at radius 2 is 2.00 bits per heavy atom. The number of rotatable bonds is 6. The Morgan fingerprint density at radius 1 is 1.27 bits per heavy atom. The van der Waals surface area contributed by atoms with Gasteiger partial charge in [0.05, 0.1) is 17.7 Å². The summed E-state index contributed by atoms with van der Waals surface area (Å²) in [5.74, 6) is -0.916. The first kappa shape index (κ1) is 21.0. The molecule has 0 amide bonds. The largest absolute Gasteiger partial charge is 0.462 e. The summed E-state index contributed by atoms with van der Waals surface area (Å²) in [7, 11) is 1.90. The molecule has 0 saturated heterocycles. The number of aryl methyl sites for hydroxylation is 1. The monoisotopic (exact) mass is 417 g/mol. The summed E-state index contributed by atoms with van der Waals surface area (Å²) in [5.41, 5.74) is 2.56. The number of carbonyl (C=O) groups excluding carboxylic acids is 2. The Labute approximate surface area is 178 Å². The SMILES string of the molecule is CCOC(=O)c1sc(CC(=O)/C(C#N)=C/c2cn(C)c3ccccc23)c(C#N)c1C. The van der Waals surface area contributed by atoms with Crippen molar-refractivity contribution < 1.29 is 14.3 Å². The number of nitriles is 2. The number of allylic oxidation sites excluding steroid dienone is 1. The quantitative estimate of drug-likeness (QED) is 0.338. The predicted octanol–water partition coefficient (Wildman–Crippen LogP) is 4.32. The Hall–Kier alpha value is -3.68. The number of ketones is 1. The maximum Gasteiger partial charge on any atom is 0.348 e. The van der Waals surface area contributed by atoms with Gasteiger partial charge in [-0.2, -0.15) is 10.5 Å². The zero-order valence-corrected chi connectivity index (χ0v) is 17.7. The summed E-state index contributed by atoms with van der Waals surface area (Å²) in [6.45, 7) is 3.58. The molecule has 6 nitrogen and oxygen atoms in total. The van der Waals surface area contributed by atoms with Crippen molar-refractivity contribution >= 4 is 40.1 Å². The molecule has 7 heteroatoms. The van der Waals surface area contributed by atoms with Crippen LogP contribution < -0.4 is 0 Å². The number of Topliss-reactive ketones (excluding diaryl/α,β-unsaturated/α-hetero) is 1. The van der Waals surface area contributed by atoms with Gasteiger partial charge in [0, 0.05) is 41.0 Å². The molecule has 150 valence electrons. The summed E-state index contributed by atoms with van der Waals surface area (Å²) >= 11 is 1.07. The Kier molecular flexibility index (Phi) is 6.15. The van der Waals surface area contributed by atoms with E-state index in [4.69, 9.17) is 4.74 Å². The molecule has 0 fully saturated rings. The second-order valence-corrected chi connectivity index (χ2v) is 7.77. The minimum atomic E-state index is -0.512. The predicted molar refractivity (Wildman–Crippen MR) is 115 cm³/mol. The van der Waals surface area contributed by atoms with Gasteiger partial charge < -0.3 is 9.30 Å². The van der Waals surface area contributed by atoms with E-state index in [1.807, 2.05) is 48.1 Å². The van der Waals surface area contributed by atoms with E-state index >= 15 is 0 Å². The van der Waals surface area contributed by atoms with Crippen LogP contribution >= 0.6 is 11.3 Å². The van der Waals surface area contributed by atoms with Gasteiger partial charge in [-0.3, -0.25) is 4.79 Å². The van der Waals surface area contributed by atoms with Crippen molar-refractivity contribution in [2.45, 2.75) is 20.3 Å². The van der Waals surface area contributed by atoms with Gasteiger partial charge >= 0.3 is 5.97 Å². The number of hydrogen-bond acceptors (Lipinski definition) is 6. The third kappa shape index (κ3) is 3.89. The average molecular weight is 417 g/mol. The molecule has 0 aliphatic heterocycles. The van der Waals surface area contributed by atoms with Crippen LogP contribution in [-0.2, 0) is 23.0 Å². The topological polar surface area (TPSA) is 95.9 Å². The Bertz CT molecular complexity index is 1270. The van der Waals surface area contributed by atoms with E-state index in [0.717, 1.165) is 27.8 Å². The Morgan fingerprint density at radius 3 is 2.67 bits per heavy atom. The normalized spacial score (nSPS) is 11.2. The molecule has 30 heavy (non-hydrogen) atoms. The van der Waals surface area contributed by atoms with Gasteiger partial charge in [0.25, 0.3) is 0 Å². The second kappa shape index (κ2) is 8.77. The number of nitrogens with zero attached hydrogens (tertiary/aromatic N) is 3. The number of fused-ring (bicyclic) bond motifs is 1. The van der Waals surface area contributed by atoms with Crippen molar-refractivity contribution in [1.82, 2.24) is 4.57 Å². The van der Waals surface area contributed by atoms with E-state index in [0.29, 0.717) is 20.9 Å². The lowest BCUT2D eigenvalue weighted by atomic mass is 10.0. The fourth-order valence-corrected chi connectivity index (χ4v) is 4.44. The highest BCUT2D eigenvalue weighted by Crippen LogP contribution is 2.30. The smallest absolute Gasteiger partial charge is 0.348 e. The molecule has 3 rings (SSSR count). The second-order valence-electron chi connectivity index (χ2n) is 6.67. The number of benzene rings is 1. The minimum absolute atomic E-state index is 0.000944. The van der Waals surface area contributed by atoms with Crippen molar-refractivity contribution in [3.05, 3.63) is 62.5 Å². The van der Waals surface area contributed by atoms with E-state index in [1.165, 1.54) is 0 Å². The van der Waals surface area contributed by atoms with Crippen LogP contribution in [0.4, 0.5) is 0 Å². The fraction of sp³-hybridized carbons (Fsp3) is 0.217. The molecule has 0 spiro atoms. The van der Waals surface area contributed by atoms with Gasteiger partial charge in [-0.15, -0.1) is 11.3 Å². The van der Waals surface area contributed by atoms with Gasteiger partial charge in [0.15, 0.2) is 5.78 Å². The standard InChI is InChI=1S/C23H19N3O3S/c1-4-29-23(28)22-14(2)18(12-25)21(30-22)10-20(27)15(11-24)9-16-13-26(3)19-8-6-5-7-17(16)19/h5-9,13H,4,10H2,1-3H3/b15-9+. The Balaban J connectivity index is 1.95. The summed E-state index contributed by atoms with van der Waals surface area (Å²) in [6.07, 6.45) is 3.31. The highest BCUT2D eigenvalue weighted by Gasteiger charge is 2.23. The molecule has 2 heterocycles. The van der Waals surface area contributed by atoms with Gasteiger partial charge in [-0.05, 0) is 31.6 Å². The van der Waals surface area contributed by atoms with Crippen LogP contribution in [0.15, 0.2) is 36.0 Å². The molecule has 0 unspecified atom stereocenters. The van der Waals surface area contributed by atoms with Gasteiger partial charge in [-0.1, -0.05) is 18.2 Å². The molecule has 0 bridgehead atoms. The average Bonchev–Trinajstić information content (AvgIpc) is 3.22. The van der Waals surface area contributed by atoms with E-state index in [1.54, 1.807) is 19.9 Å². The number of aromatic nitrogens is 1. The van der Waals surface area contributed by atoms with Gasteiger partial charge in [0.1, 0.15) is 17.0 Å². The molecule has 0 aliphatic carbocycles. The highest BCUT2D eigenvalue weighted by molar-refractivity contribution is 7.14. The van der Waals surface area contributed by atoms with Crippen molar-refractivity contribution in [2.75, 3.05) is 6.61 Å². The maximum atomic E-state index is 12.9. The van der Waals surface area contributed by atoms with Crippen molar-refractivity contribution in [2.24, 2.45) is 7.05 Å². The molecule has 0 atom stereocenters. The zero-order chi connectivity index (χ0) is 21.8. The molecular weight excluding hydrogens is 398 g/mol. The molecule has 1 aromatic carbocycles. The number of hydrogen-bond donors (Lipinski definition) is 0. The van der Waals surface area contributed by atoms with Crippen molar-refractivity contribution in [3.8, 4) is 12.1 Å². The van der Waals surface area contributed by atoms with Crippen LogP contribution in [0.3, 0.4) is 0 Å². The lowest BCUT2D eigenvalue weighted by Crippen LogP contribution is -2.05. The van der Waals surface area contributed by atoms with Crippen LogP contribution in [0.5, 0.6) is 0 Å². The van der Waals surface area contributed by atoms with Crippen LogP contribution in [0.2, 0.25) is 0 Å². The third-order valence-corrected chi connectivity index (χ3v) is 6.03. The van der Waals surface area contributed by atoms with Crippen LogP contribution in [0.1, 0.15) is 38.2 Å². The first-order valence-corrected chi connectivity index (χ1v) is 10.1. The van der Waals surface area contributed by atoms with Crippen molar-refractivity contribution in [3.63, 3.8) is 0 Å². The molecule has 0 aliphatic rings. The molecule has 2 aromatic heterocycles. The molecule has 0 radical (unpaired) electrons. The summed E-state index contributed by atoms with van der Waals surface area (Å²) in [5, 5.41) is 20.0. The third-order valence-electron chi connectivity index (χ3n) is 4.76. The molecule has 0 saturated carbocycles. The number of para-hydroxylation sites is 1. The number of carbonyl (C=O) groups is 2. The first-order chi connectivity index (χ1) is 14.4. The summed E-state index contributed by atoms with van der Waals surface area (Å²) in [4.78, 5) is 25.8. The minimum Gasteiger partial charge on any atom is -0.462 e. The zero-order valence-electron chi connectivity index (χ0n) is 16.9. The maximum absolute atomic E-state index is 12.9. The van der Waals surface area contributed by atoms with E-state index in [2.05, 4.69) is 6.07 Å². The van der Waals surface area contributed by atoms with E-state index < -0.39 is 11.8 Å².